The first-order chi connectivity index (χ1) is 5.29. The van der Waals surface area contributed by atoms with Crippen molar-refractivity contribution >= 4 is 0 Å². The quantitative estimate of drug-likeness (QED) is 0.602. The molecule has 0 bridgehead atoms. The summed E-state index contributed by atoms with van der Waals surface area (Å²) in [5.41, 5.74) is 1.40. The number of rotatable bonds is 1. The van der Waals surface area contributed by atoms with Crippen molar-refractivity contribution in [3.8, 4) is 11.9 Å². The number of aryl methyl sites for hydroxylation is 1. The second-order valence-electron chi connectivity index (χ2n) is 2.12. The molecule has 11 heavy (non-hydrogen) atoms. The Morgan fingerprint density at radius 2 is 2.36 bits per heavy atom. The van der Waals surface area contributed by atoms with Gasteiger partial charge >= 0.3 is 0 Å². The molecule has 3 heteroatoms. The molecule has 1 aromatic rings. The molecule has 0 saturated heterocycles. The number of hydrogen-bond donors (Lipinski definition) is 0. The molecule has 0 radical (unpaired) electrons. The smallest absolute Gasteiger partial charge is 0.231 e. The van der Waals surface area contributed by atoms with Crippen LogP contribution in [-0.4, -0.2) is 12.1 Å². The van der Waals surface area contributed by atoms with Crippen LogP contribution in [-0.2, 0) is 0 Å². The lowest BCUT2D eigenvalue weighted by Gasteiger charge is -2.01. The molecule has 56 valence electrons. The van der Waals surface area contributed by atoms with Gasteiger partial charge in [-0.05, 0) is 18.6 Å². The SMILES string of the molecule is COc1nccc(C)c1C#N. The number of methoxy groups -OCH3 is 1. The molecule has 0 fully saturated rings. The molecule has 0 unspecified atom stereocenters. The standard InChI is InChI=1S/C8H8N2O/c1-6-3-4-10-8(11-2)7(6)5-9/h3-4H,1-2H3. The van der Waals surface area contributed by atoms with Crippen molar-refractivity contribution in [3.05, 3.63) is 23.4 Å². The van der Waals surface area contributed by atoms with E-state index in [1.54, 1.807) is 12.3 Å². The second-order valence-corrected chi connectivity index (χ2v) is 2.12. The molecular weight excluding hydrogens is 140 g/mol. The molecule has 0 aromatic carbocycles. The third kappa shape index (κ3) is 1.30. The number of aromatic nitrogens is 1. The number of nitriles is 1. The highest BCUT2D eigenvalue weighted by Gasteiger charge is 2.04. The van der Waals surface area contributed by atoms with Crippen molar-refractivity contribution in [2.75, 3.05) is 7.11 Å². The number of pyridine rings is 1. The Balaban J connectivity index is 3.27. The highest BCUT2D eigenvalue weighted by atomic mass is 16.5. The van der Waals surface area contributed by atoms with Gasteiger partial charge in [-0.2, -0.15) is 5.26 Å². The first kappa shape index (κ1) is 7.55. The van der Waals surface area contributed by atoms with Gasteiger partial charge in [0, 0.05) is 6.20 Å². The second kappa shape index (κ2) is 3.02. The molecule has 1 aromatic heterocycles. The van der Waals surface area contributed by atoms with Crippen LogP contribution in [0, 0.1) is 18.3 Å². The van der Waals surface area contributed by atoms with Crippen LogP contribution >= 0.6 is 0 Å². The molecule has 0 aliphatic rings. The van der Waals surface area contributed by atoms with E-state index >= 15 is 0 Å². The van der Waals surface area contributed by atoms with Crippen LogP contribution in [0.15, 0.2) is 12.3 Å². The van der Waals surface area contributed by atoms with E-state index < -0.39 is 0 Å². The maximum absolute atomic E-state index is 8.66. The third-order valence-corrected chi connectivity index (χ3v) is 1.43. The topological polar surface area (TPSA) is 45.9 Å². The molecule has 1 rings (SSSR count). The molecular formula is C8H8N2O. The normalized spacial score (nSPS) is 8.82. The Morgan fingerprint density at radius 3 is 2.82 bits per heavy atom. The van der Waals surface area contributed by atoms with Gasteiger partial charge in [0.05, 0.1) is 7.11 Å². The van der Waals surface area contributed by atoms with Gasteiger partial charge in [0.1, 0.15) is 11.6 Å². The summed E-state index contributed by atoms with van der Waals surface area (Å²) in [6.07, 6.45) is 1.62. The van der Waals surface area contributed by atoms with Crippen LogP contribution < -0.4 is 4.74 Å². The Morgan fingerprint density at radius 1 is 1.64 bits per heavy atom. The monoisotopic (exact) mass is 148 g/mol. The highest BCUT2D eigenvalue weighted by molar-refractivity contribution is 5.43. The van der Waals surface area contributed by atoms with Crippen molar-refractivity contribution in [2.24, 2.45) is 0 Å². The number of ether oxygens (including phenoxy) is 1. The van der Waals surface area contributed by atoms with Gasteiger partial charge in [-0.1, -0.05) is 0 Å². The Bertz CT molecular complexity index is 301. The largest absolute Gasteiger partial charge is 0.480 e. The minimum absolute atomic E-state index is 0.396. The van der Waals surface area contributed by atoms with E-state index in [1.807, 2.05) is 13.0 Å². The minimum atomic E-state index is 0.396. The predicted molar refractivity (Wildman–Crippen MR) is 40.2 cm³/mol. The fraction of sp³-hybridized carbons (Fsp3) is 0.250. The van der Waals surface area contributed by atoms with E-state index in [2.05, 4.69) is 4.98 Å². The minimum Gasteiger partial charge on any atom is -0.480 e. The van der Waals surface area contributed by atoms with Gasteiger partial charge in [0.15, 0.2) is 0 Å². The Kier molecular flexibility index (Phi) is 2.07. The van der Waals surface area contributed by atoms with Gasteiger partial charge in [-0.3, -0.25) is 0 Å². The molecule has 0 atom stereocenters. The lowest BCUT2D eigenvalue weighted by Crippen LogP contribution is -1.93. The van der Waals surface area contributed by atoms with Gasteiger partial charge < -0.3 is 4.74 Å². The first-order valence-electron chi connectivity index (χ1n) is 3.19. The average molecular weight is 148 g/mol. The molecule has 0 aliphatic carbocycles. The number of nitrogens with zero attached hydrogens (tertiary/aromatic N) is 2. The van der Waals surface area contributed by atoms with E-state index in [0.717, 1.165) is 5.56 Å². The summed E-state index contributed by atoms with van der Waals surface area (Å²) < 4.78 is 4.88. The fourth-order valence-electron chi connectivity index (χ4n) is 0.824. The van der Waals surface area contributed by atoms with E-state index in [4.69, 9.17) is 10.00 Å². The average Bonchev–Trinajstić information content (AvgIpc) is 2.04. The van der Waals surface area contributed by atoms with Crippen molar-refractivity contribution in [2.45, 2.75) is 6.92 Å². The van der Waals surface area contributed by atoms with Gasteiger partial charge in [0.2, 0.25) is 5.88 Å². The maximum Gasteiger partial charge on any atom is 0.231 e. The van der Waals surface area contributed by atoms with Crippen molar-refractivity contribution in [1.82, 2.24) is 4.98 Å². The molecule has 0 aliphatic heterocycles. The summed E-state index contributed by atoms with van der Waals surface area (Å²) in [7, 11) is 1.50. The highest BCUT2D eigenvalue weighted by Crippen LogP contribution is 2.16. The zero-order chi connectivity index (χ0) is 8.27. The zero-order valence-electron chi connectivity index (χ0n) is 6.46. The molecule has 0 spiro atoms. The summed E-state index contributed by atoms with van der Waals surface area (Å²) in [6, 6.07) is 3.81. The molecule has 1 heterocycles. The molecule has 0 N–H and O–H groups in total. The lowest BCUT2D eigenvalue weighted by atomic mass is 10.2. The number of hydrogen-bond acceptors (Lipinski definition) is 3. The van der Waals surface area contributed by atoms with Crippen LogP contribution in [0.4, 0.5) is 0 Å². The maximum atomic E-state index is 8.66. The predicted octanol–water partition coefficient (Wildman–Crippen LogP) is 1.27. The van der Waals surface area contributed by atoms with Crippen LogP contribution in [0.2, 0.25) is 0 Å². The molecule has 0 saturated carbocycles. The van der Waals surface area contributed by atoms with E-state index in [-0.39, 0.29) is 0 Å². The summed E-state index contributed by atoms with van der Waals surface area (Å²) in [5.74, 6) is 0.396. The van der Waals surface area contributed by atoms with E-state index in [1.165, 1.54) is 7.11 Å². The lowest BCUT2D eigenvalue weighted by molar-refractivity contribution is 0.396. The fourth-order valence-corrected chi connectivity index (χ4v) is 0.824. The van der Waals surface area contributed by atoms with Crippen LogP contribution in [0.5, 0.6) is 5.88 Å². The van der Waals surface area contributed by atoms with Crippen LogP contribution in [0.25, 0.3) is 0 Å². The van der Waals surface area contributed by atoms with Crippen molar-refractivity contribution < 1.29 is 4.74 Å². The summed E-state index contributed by atoms with van der Waals surface area (Å²) in [5, 5.41) is 8.66. The van der Waals surface area contributed by atoms with Crippen LogP contribution in [0.1, 0.15) is 11.1 Å². The van der Waals surface area contributed by atoms with E-state index in [9.17, 15) is 0 Å². The van der Waals surface area contributed by atoms with E-state index in [0.29, 0.717) is 11.4 Å². The summed E-state index contributed by atoms with van der Waals surface area (Å²) in [6.45, 7) is 1.85. The van der Waals surface area contributed by atoms with Gasteiger partial charge in [-0.25, -0.2) is 4.98 Å². The Hall–Kier alpha value is -1.56. The van der Waals surface area contributed by atoms with Gasteiger partial charge in [0.25, 0.3) is 0 Å². The zero-order valence-corrected chi connectivity index (χ0v) is 6.46. The van der Waals surface area contributed by atoms with Gasteiger partial charge in [-0.15, -0.1) is 0 Å². The summed E-state index contributed by atoms with van der Waals surface area (Å²) >= 11 is 0. The van der Waals surface area contributed by atoms with Crippen molar-refractivity contribution in [1.29, 1.82) is 5.26 Å². The first-order valence-corrected chi connectivity index (χ1v) is 3.19. The molecule has 3 nitrogen and oxygen atoms in total. The Labute approximate surface area is 65.3 Å². The third-order valence-electron chi connectivity index (χ3n) is 1.43. The van der Waals surface area contributed by atoms with Crippen LogP contribution in [0.3, 0.4) is 0 Å². The molecule has 0 amide bonds. The van der Waals surface area contributed by atoms with Crippen molar-refractivity contribution in [3.63, 3.8) is 0 Å². The summed E-state index contributed by atoms with van der Waals surface area (Å²) in [4.78, 5) is 3.88.